The molecule has 1 aliphatic heterocycles. The SMILES string of the molecule is CCC(C=C1Oc2ccc3ccccc3c2N1CCCS(=O)(=O)O)Cc1sc2ccc(Cl)cc2[n+]1CCCCS(=O)(=O)O. The van der Waals surface area contributed by atoms with E-state index < -0.39 is 20.2 Å². The molecule has 0 radical (unpaired) electrons. The monoisotopic (exact) mass is 665 g/mol. The smallest absolute Gasteiger partial charge is 0.264 e. The number of halogens is 1. The molecule has 0 aliphatic carbocycles. The maximum absolute atomic E-state index is 11.5. The third-order valence-corrected chi connectivity index (χ3v) is 10.5. The second-order valence-electron chi connectivity index (χ2n) is 10.7. The lowest BCUT2D eigenvalue weighted by atomic mass is 10.0. The summed E-state index contributed by atoms with van der Waals surface area (Å²) in [5.74, 6) is 0.743. The minimum atomic E-state index is -4.11. The van der Waals surface area contributed by atoms with Crippen LogP contribution in [0.2, 0.25) is 5.02 Å². The molecule has 9 nitrogen and oxygen atoms in total. The fourth-order valence-corrected chi connectivity index (χ4v) is 7.92. The molecular formula is C30H34ClN2O7S3+. The van der Waals surface area contributed by atoms with Crippen molar-refractivity contribution in [2.24, 2.45) is 5.92 Å². The summed E-state index contributed by atoms with van der Waals surface area (Å²) >= 11 is 8.00. The van der Waals surface area contributed by atoms with E-state index >= 15 is 0 Å². The van der Waals surface area contributed by atoms with E-state index in [9.17, 15) is 21.4 Å². The maximum atomic E-state index is 11.5. The van der Waals surface area contributed by atoms with E-state index in [1.165, 1.54) is 0 Å². The van der Waals surface area contributed by atoms with Crippen molar-refractivity contribution in [1.82, 2.24) is 0 Å². The van der Waals surface area contributed by atoms with Gasteiger partial charge in [0.25, 0.3) is 20.2 Å². The summed E-state index contributed by atoms with van der Waals surface area (Å²) in [5.41, 5.74) is 1.85. The lowest BCUT2D eigenvalue weighted by molar-refractivity contribution is -0.675. The van der Waals surface area contributed by atoms with Crippen molar-refractivity contribution < 1.29 is 35.2 Å². The topological polar surface area (TPSA) is 125 Å². The number of anilines is 1. The number of rotatable bonds is 13. The third kappa shape index (κ3) is 7.86. The molecular weight excluding hydrogens is 632 g/mol. The summed E-state index contributed by atoms with van der Waals surface area (Å²) in [4.78, 5) is 2.00. The Balaban J connectivity index is 1.46. The molecule has 1 unspecified atom stereocenters. The second-order valence-corrected chi connectivity index (χ2v) is 15.4. The number of aromatic nitrogens is 1. The van der Waals surface area contributed by atoms with Crippen molar-refractivity contribution in [3.63, 3.8) is 0 Å². The number of allylic oxidation sites excluding steroid dienone is 1. The van der Waals surface area contributed by atoms with Crippen molar-refractivity contribution in [1.29, 1.82) is 0 Å². The molecule has 230 valence electrons. The highest BCUT2D eigenvalue weighted by atomic mass is 35.5. The van der Waals surface area contributed by atoms with Gasteiger partial charge in [0.2, 0.25) is 10.5 Å². The minimum absolute atomic E-state index is 0.0623. The van der Waals surface area contributed by atoms with Crippen LogP contribution in [-0.4, -0.2) is 44.0 Å². The Kier molecular flexibility index (Phi) is 9.64. The minimum Gasteiger partial charge on any atom is -0.439 e. The molecule has 1 aliphatic rings. The highest BCUT2D eigenvalue weighted by Crippen LogP contribution is 2.44. The number of thiazole rings is 1. The first-order valence-corrected chi connectivity index (χ1v) is 18.5. The molecule has 1 aromatic heterocycles. The predicted octanol–water partition coefficient (Wildman–Crippen LogP) is 6.25. The Morgan fingerprint density at radius 3 is 2.49 bits per heavy atom. The van der Waals surface area contributed by atoms with Gasteiger partial charge >= 0.3 is 0 Å². The molecule has 0 amide bonds. The lowest BCUT2D eigenvalue weighted by Gasteiger charge is -2.21. The van der Waals surface area contributed by atoms with Crippen molar-refractivity contribution >= 4 is 69.9 Å². The fourth-order valence-electron chi connectivity index (χ4n) is 5.43. The van der Waals surface area contributed by atoms with Crippen molar-refractivity contribution in [2.45, 2.75) is 45.6 Å². The van der Waals surface area contributed by atoms with Gasteiger partial charge in [-0.3, -0.25) is 9.11 Å². The maximum Gasteiger partial charge on any atom is 0.264 e. The van der Waals surface area contributed by atoms with E-state index in [0.29, 0.717) is 49.0 Å². The average Bonchev–Trinajstić information content (AvgIpc) is 3.46. The van der Waals surface area contributed by atoms with Crippen LogP contribution < -0.4 is 14.2 Å². The summed E-state index contributed by atoms with van der Waals surface area (Å²) in [6, 6.07) is 17.6. The summed E-state index contributed by atoms with van der Waals surface area (Å²) in [7, 11) is -8.12. The largest absolute Gasteiger partial charge is 0.439 e. The standard InChI is InChI=1S/C30H33ClN2O7S3/c1-2-21(19-29-32(14-5-6-16-42(34,35)36)25-20-23(31)11-13-27(25)41-29)18-28-33(15-7-17-43(37,38)39)30-24-9-4-3-8-22(24)10-12-26(30)40-28/h3-4,8-13,18,20-21H,2,5-7,14-17,19H2,1H3,(H-,34,35,36,37,38,39)/p+1. The van der Waals surface area contributed by atoms with Crippen LogP contribution in [0.25, 0.3) is 21.0 Å². The Hall–Kier alpha value is -2.74. The number of aryl methyl sites for hydroxylation is 1. The first kappa shape index (κ1) is 31.7. The van der Waals surface area contributed by atoms with Crippen molar-refractivity contribution in [2.75, 3.05) is 23.0 Å². The molecule has 43 heavy (non-hydrogen) atoms. The number of unbranched alkanes of at least 4 members (excludes halogenated alkanes) is 1. The third-order valence-electron chi connectivity index (χ3n) is 7.51. The lowest BCUT2D eigenvalue weighted by Crippen LogP contribution is -2.37. The highest BCUT2D eigenvalue weighted by molar-refractivity contribution is 7.86. The van der Waals surface area contributed by atoms with Gasteiger partial charge in [-0.05, 0) is 54.8 Å². The fraction of sp³-hybridized carbons (Fsp3) is 0.367. The summed E-state index contributed by atoms with van der Waals surface area (Å²) in [5, 5.41) is 3.75. The van der Waals surface area contributed by atoms with Crippen molar-refractivity contribution in [3.8, 4) is 5.75 Å². The van der Waals surface area contributed by atoms with Crippen LogP contribution >= 0.6 is 22.9 Å². The predicted molar refractivity (Wildman–Crippen MR) is 171 cm³/mol. The zero-order valence-electron chi connectivity index (χ0n) is 23.6. The molecule has 0 spiro atoms. The van der Waals surface area contributed by atoms with Gasteiger partial charge in [-0.25, -0.2) is 0 Å². The Bertz CT molecular complexity index is 1890. The van der Waals surface area contributed by atoms with Gasteiger partial charge in [-0.1, -0.05) is 60.2 Å². The Morgan fingerprint density at radius 2 is 1.74 bits per heavy atom. The van der Waals surface area contributed by atoms with Crippen LogP contribution in [0, 0.1) is 5.92 Å². The molecule has 2 N–H and O–H groups in total. The molecule has 0 saturated carbocycles. The van der Waals surface area contributed by atoms with E-state index in [0.717, 1.165) is 38.1 Å². The molecule has 4 aromatic rings. The molecule has 13 heteroatoms. The normalized spacial score (nSPS) is 15.3. The molecule has 2 heterocycles. The molecule has 3 aromatic carbocycles. The molecule has 0 bridgehead atoms. The van der Waals surface area contributed by atoms with E-state index in [-0.39, 0.29) is 23.8 Å². The van der Waals surface area contributed by atoms with E-state index in [1.54, 1.807) is 11.3 Å². The van der Waals surface area contributed by atoms with Gasteiger partial charge in [0.05, 0.1) is 17.2 Å². The van der Waals surface area contributed by atoms with Gasteiger partial charge in [0.1, 0.15) is 11.2 Å². The van der Waals surface area contributed by atoms with E-state index in [2.05, 4.69) is 17.6 Å². The first-order chi connectivity index (χ1) is 20.4. The summed E-state index contributed by atoms with van der Waals surface area (Å²) < 4.78 is 73.5. The van der Waals surface area contributed by atoms with Crippen LogP contribution in [0.4, 0.5) is 5.69 Å². The highest BCUT2D eigenvalue weighted by Gasteiger charge is 2.30. The zero-order chi connectivity index (χ0) is 30.8. The Labute approximate surface area is 260 Å². The molecule has 5 rings (SSSR count). The average molecular weight is 666 g/mol. The Morgan fingerprint density at radius 1 is 1.00 bits per heavy atom. The number of nitrogens with zero attached hydrogens (tertiary/aromatic N) is 2. The van der Waals surface area contributed by atoms with Gasteiger partial charge in [-0.15, -0.1) is 0 Å². The molecule has 0 saturated heterocycles. The number of benzene rings is 3. The van der Waals surface area contributed by atoms with Gasteiger partial charge in [0.15, 0.2) is 11.6 Å². The molecule has 0 fully saturated rings. The number of ether oxygens (including phenoxy) is 1. The summed E-state index contributed by atoms with van der Waals surface area (Å²) in [6.07, 6.45) is 4.71. The number of hydrogen-bond acceptors (Lipinski definition) is 7. The number of hydrogen-bond donors (Lipinski definition) is 2. The van der Waals surface area contributed by atoms with Crippen LogP contribution in [0.15, 0.2) is 66.6 Å². The van der Waals surface area contributed by atoms with E-state index in [4.69, 9.17) is 20.9 Å². The first-order valence-electron chi connectivity index (χ1n) is 14.1. The second kappa shape index (κ2) is 13.1. The number of fused-ring (bicyclic) bond motifs is 4. The molecule has 1 atom stereocenters. The quantitative estimate of drug-likeness (QED) is 0.0976. The van der Waals surface area contributed by atoms with Crippen LogP contribution in [-0.2, 0) is 33.2 Å². The van der Waals surface area contributed by atoms with E-state index in [1.807, 2.05) is 59.5 Å². The summed E-state index contributed by atoms with van der Waals surface area (Å²) in [6.45, 7) is 3.02. The van der Waals surface area contributed by atoms with Gasteiger partial charge in [0, 0.05) is 35.9 Å². The van der Waals surface area contributed by atoms with Crippen LogP contribution in [0.3, 0.4) is 0 Å². The van der Waals surface area contributed by atoms with Crippen LogP contribution in [0.1, 0.15) is 37.6 Å². The zero-order valence-corrected chi connectivity index (χ0v) is 26.9. The van der Waals surface area contributed by atoms with Gasteiger partial charge in [-0.2, -0.15) is 21.4 Å². The van der Waals surface area contributed by atoms with Crippen LogP contribution in [0.5, 0.6) is 5.75 Å². The van der Waals surface area contributed by atoms with Gasteiger partial charge < -0.3 is 9.64 Å². The van der Waals surface area contributed by atoms with Crippen molar-refractivity contribution in [3.05, 3.63) is 76.6 Å².